The average molecular weight is 530 g/mol. The Morgan fingerprint density at radius 3 is 2.33 bits per heavy atom. The second-order valence-corrected chi connectivity index (χ2v) is 10.5. The second kappa shape index (κ2) is 10.1. The van der Waals surface area contributed by atoms with Crippen LogP contribution in [-0.4, -0.2) is 32.2 Å². The number of benzene rings is 2. The summed E-state index contributed by atoms with van der Waals surface area (Å²) >= 11 is 0. The van der Waals surface area contributed by atoms with Crippen LogP contribution in [0.4, 0.5) is 19.3 Å². The highest BCUT2D eigenvalue weighted by Crippen LogP contribution is 2.42. The molecule has 2 atom stereocenters. The lowest BCUT2D eigenvalue weighted by atomic mass is 9.69. The maximum absolute atomic E-state index is 14.2. The third-order valence-electron chi connectivity index (χ3n) is 7.11. The first-order chi connectivity index (χ1) is 18.5. The molecule has 0 fully saturated rings. The van der Waals surface area contributed by atoms with Gasteiger partial charge in [0.2, 0.25) is 0 Å². The molecule has 2 aromatic heterocycles. The van der Waals surface area contributed by atoms with Crippen LogP contribution in [0.2, 0.25) is 0 Å². The Bertz CT molecular complexity index is 1540. The van der Waals surface area contributed by atoms with Gasteiger partial charge in [-0.2, -0.15) is 0 Å². The van der Waals surface area contributed by atoms with Crippen molar-refractivity contribution in [2.45, 2.75) is 51.7 Å². The summed E-state index contributed by atoms with van der Waals surface area (Å²) in [6.07, 6.45) is 2.68. The van der Waals surface area contributed by atoms with Gasteiger partial charge >= 0.3 is 6.03 Å². The van der Waals surface area contributed by atoms with Crippen LogP contribution in [0.15, 0.2) is 60.9 Å². The molecule has 0 saturated heterocycles. The lowest BCUT2D eigenvalue weighted by molar-refractivity contribution is 0.0878. The Morgan fingerprint density at radius 2 is 1.64 bits per heavy atom. The van der Waals surface area contributed by atoms with Crippen LogP contribution in [-0.2, 0) is 5.41 Å². The van der Waals surface area contributed by atoms with E-state index in [4.69, 9.17) is 4.98 Å². The van der Waals surface area contributed by atoms with Gasteiger partial charge in [-0.05, 0) is 60.6 Å². The molecule has 2 amide bonds. The van der Waals surface area contributed by atoms with Crippen LogP contribution >= 0.6 is 0 Å². The Morgan fingerprint density at radius 1 is 0.974 bits per heavy atom. The van der Waals surface area contributed by atoms with Crippen molar-refractivity contribution in [2.24, 2.45) is 0 Å². The van der Waals surface area contributed by atoms with E-state index in [2.05, 4.69) is 20.6 Å². The number of halogens is 2. The standard InChI is InChI=1S/C30H29F2N5O2/c1-16-10-24(27(18-8-6-5-7-9-18)36-26(16)19-14-33-17(2)34-15-19)35-29(39)37-28-20-11-22(31)23(32)12-21(20)30(3,4)13-25(28)38/h5-12,14-15,25,28,38H,13H2,1-4H3,(H2,35,37,39)/t25-,28?/m1/s1. The Labute approximate surface area is 225 Å². The summed E-state index contributed by atoms with van der Waals surface area (Å²) in [6.45, 7) is 7.38. The number of aliphatic hydroxyl groups is 1. The lowest BCUT2D eigenvalue weighted by Crippen LogP contribution is -2.45. The molecule has 0 saturated carbocycles. The fourth-order valence-corrected chi connectivity index (χ4v) is 5.17. The van der Waals surface area contributed by atoms with Crippen LogP contribution in [0, 0.1) is 25.5 Å². The number of carbonyl (C=O) groups excluding carboxylic acids is 1. The number of nitrogens with zero attached hydrogens (tertiary/aromatic N) is 3. The summed E-state index contributed by atoms with van der Waals surface area (Å²) in [5, 5.41) is 16.5. The highest BCUT2D eigenvalue weighted by atomic mass is 19.2. The minimum absolute atomic E-state index is 0.263. The Hall–Kier alpha value is -4.24. The monoisotopic (exact) mass is 529 g/mol. The van der Waals surface area contributed by atoms with E-state index in [1.807, 2.05) is 57.2 Å². The number of pyridine rings is 1. The molecular weight excluding hydrogens is 500 g/mol. The quantitative estimate of drug-likeness (QED) is 0.301. The molecule has 1 aliphatic rings. The number of carbonyl (C=O) groups is 1. The van der Waals surface area contributed by atoms with E-state index in [-0.39, 0.29) is 6.42 Å². The number of aliphatic hydroxyl groups excluding tert-OH is 1. The number of anilines is 1. The summed E-state index contributed by atoms with van der Waals surface area (Å²) < 4.78 is 28.3. The minimum atomic E-state index is -1.03. The maximum Gasteiger partial charge on any atom is 0.319 e. The van der Waals surface area contributed by atoms with Crippen LogP contribution in [0.5, 0.6) is 0 Å². The smallest absolute Gasteiger partial charge is 0.319 e. The highest BCUT2D eigenvalue weighted by molar-refractivity contribution is 5.94. The minimum Gasteiger partial charge on any atom is -0.391 e. The van der Waals surface area contributed by atoms with Gasteiger partial charge in [0, 0.05) is 23.5 Å². The van der Waals surface area contributed by atoms with Crippen molar-refractivity contribution in [2.75, 3.05) is 5.32 Å². The summed E-state index contributed by atoms with van der Waals surface area (Å²) in [5.41, 5.74) is 4.26. The third kappa shape index (κ3) is 5.22. The van der Waals surface area contributed by atoms with Gasteiger partial charge in [-0.25, -0.2) is 28.5 Å². The van der Waals surface area contributed by atoms with Crippen LogP contribution in [0.3, 0.4) is 0 Å². The average Bonchev–Trinajstić information content (AvgIpc) is 2.89. The molecule has 5 rings (SSSR count). The lowest BCUT2D eigenvalue weighted by Gasteiger charge is -2.40. The molecular formula is C30H29F2N5O2. The van der Waals surface area contributed by atoms with Crippen molar-refractivity contribution < 1.29 is 18.7 Å². The highest BCUT2D eigenvalue weighted by Gasteiger charge is 2.40. The number of nitrogens with one attached hydrogen (secondary N) is 2. The molecule has 3 N–H and O–H groups in total. The largest absolute Gasteiger partial charge is 0.391 e. The number of amides is 2. The Balaban J connectivity index is 1.50. The molecule has 9 heteroatoms. The van der Waals surface area contributed by atoms with Gasteiger partial charge in [0.15, 0.2) is 11.6 Å². The molecule has 39 heavy (non-hydrogen) atoms. The molecule has 0 radical (unpaired) electrons. The normalized spacial score (nSPS) is 17.8. The summed E-state index contributed by atoms with van der Waals surface area (Å²) in [5.74, 6) is -1.35. The van der Waals surface area contributed by atoms with Crippen molar-refractivity contribution in [1.29, 1.82) is 0 Å². The van der Waals surface area contributed by atoms with Crippen molar-refractivity contribution in [1.82, 2.24) is 20.3 Å². The van der Waals surface area contributed by atoms with Crippen molar-refractivity contribution >= 4 is 11.7 Å². The van der Waals surface area contributed by atoms with Gasteiger partial charge in [-0.3, -0.25) is 0 Å². The first-order valence-electron chi connectivity index (χ1n) is 12.6. The topological polar surface area (TPSA) is 100 Å². The molecule has 2 heterocycles. The number of aryl methyl sites for hydroxylation is 2. The van der Waals surface area contributed by atoms with Gasteiger partial charge in [0.1, 0.15) is 5.82 Å². The van der Waals surface area contributed by atoms with Crippen LogP contribution in [0.25, 0.3) is 22.5 Å². The molecule has 0 bridgehead atoms. The van der Waals surface area contributed by atoms with E-state index in [9.17, 15) is 18.7 Å². The van der Waals surface area contributed by atoms with E-state index < -0.39 is 35.2 Å². The number of aromatic nitrogens is 3. The molecule has 4 aromatic rings. The fourth-order valence-electron chi connectivity index (χ4n) is 5.17. The number of fused-ring (bicyclic) bond motifs is 1. The summed E-state index contributed by atoms with van der Waals surface area (Å²) in [4.78, 5) is 26.7. The van der Waals surface area contributed by atoms with Crippen LogP contribution in [0.1, 0.15) is 48.8 Å². The number of rotatable bonds is 4. The molecule has 0 spiro atoms. The van der Waals surface area contributed by atoms with Gasteiger partial charge in [-0.1, -0.05) is 44.2 Å². The summed E-state index contributed by atoms with van der Waals surface area (Å²) in [6, 6.07) is 11.9. The van der Waals surface area contributed by atoms with Crippen LogP contribution < -0.4 is 10.6 Å². The van der Waals surface area contributed by atoms with Crippen molar-refractivity contribution in [3.05, 3.63) is 95.1 Å². The third-order valence-corrected chi connectivity index (χ3v) is 7.11. The number of urea groups is 1. The zero-order valence-corrected chi connectivity index (χ0v) is 22.1. The molecule has 7 nitrogen and oxygen atoms in total. The van der Waals surface area contributed by atoms with Crippen molar-refractivity contribution in [3.63, 3.8) is 0 Å². The predicted molar refractivity (Wildman–Crippen MR) is 145 cm³/mol. The van der Waals surface area contributed by atoms with E-state index in [1.165, 1.54) is 0 Å². The fraction of sp³-hybridized carbons (Fsp3) is 0.267. The molecule has 200 valence electrons. The SMILES string of the molecule is Cc1ncc(-c2nc(-c3ccccc3)c(NC(=O)NC3c4cc(F)c(F)cc4C(C)(C)C[C@H]3O)cc2C)cn1. The molecule has 2 aromatic carbocycles. The predicted octanol–water partition coefficient (Wildman–Crippen LogP) is 6.01. The number of hydrogen-bond acceptors (Lipinski definition) is 5. The van der Waals surface area contributed by atoms with E-state index in [0.29, 0.717) is 34.0 Å². The zero-order chi connectivity index (χ0) is 27.9. The van der Waals surface area contributed by atoms with Crippen molar-refractivity contribution in [3.8, 4) is 22.5 Å². The van der Waals surface area contributed by atoms with E-state index >= 15 is 0 Å². The second-order valence-electron chi connectivity index (χ2n) is 10.5. The zero-order valence-electron chi connectivity index (χ0n) is 22.1. The first-order valence-corrected chi connectivity index (χ1v) is 12.6. The van der Waals surface area contributed by atoms with Gasteiger partial charge in [0.05, 0.1) is 29.2 Å². The van der Waals surface area contributed by atoms with Gasteiger partial charge in [-0.15, -0.1) is 0 Å². The molecule has 1 unspecified atom stereocenters. The first kappa shape index (κ1) is 26.4. The van der Waals surface area contributed by atoms with E-state index in [1.54, 1.807) is 19.3 Å². The van der Waals surface area contributed by atoms with Gasteiger partial charge in [0.25, 0.3) is 0 Å². The summed E-state index contributed by atoms with van der Waals surface area (Å²) in [7, 11) is 0. The molecule has 0 aliphatic heterocycles. The van der Waals surface area contributed by atoms with E-state index in [0.717, 1.165) is 28.8 Å². The Kier molecular flexibility index (Phi) is 6.86. The maximum atomic E-state index is 14.2. The van der Waals surface area contributed by atoms with Gasteiger partial charge < -0.3 is 15.7 Å². The molecule has 1 aliphatic carbocycles. The number of hydrogen-bond donors (Lipinski definition) is 3.